The van der Waals surface area contributed by atoms with Gasteiger partial charge in [0.25, 0.3) is 0 Å². The number of rotatable bonds is 3. The molecular formula is C12H12F2N2O. The van der Waals surface area contributed by atoms with Gasteiger partial charge in [-0.3, -0.25) is 4.79 Å². The molecule has 5 heteroatoms. The molecule has 0 saturated heterocycles. The average molecular weight is 238 g/mol. The Bertz CT molecular complexity index is 482. The van der Waals surface area contributed by atoms with Crippen molar-refractivity contribution in [3.8, 4) is 6.07 Å². The number of carbonyl (C=O) groups is 1. The van der Waals surface area contributed by atoms with Crippen molar-refractivity contribution in [3.63, 3.8) is 0 Å². The van der Waals surface area contributed by atoms with Gasteiger partial charge in [0.1, 0.15) is 17.0 Å². The van der Waals surface area contributed by atoms with Crippen LogP contribution in [0.5, 0.6) is 0 Å². The average Bonchev–Trinajstić information content (AvgIpc) is 2.31. The number of anilines is 1. The van der Waals surface area contributed by atoms with Crippen LogP contribution in [-0.2, 0) is 4.79 Å². The molecule has 1 aromatic carbocycles. The highest BCUT2D eigenvalue weighted by Gasteiger charge is 2.31. The van der Waals surface area contributed by atoms with Gasteiger partial charge in [0.05, 0.1) is 11.8 Å². The molecule has 0 fully saturated rings. The van der Waals surface area contributed by atoms with E-state index in [-0.39, 0.29) is 5.69 Å². The minimum Gasteiger partial charge on any atom is -0.322 e. The van der Waals surface area contributed by atoms with Gasteiger partial charge >= 0.3 is 0 Å². The highest BCUT2D eigenvalue weighted by molar-refractivity contribution is 5.96. The Balaban J connectivity index is 2.93. The first kappa shape index (κ1) is 13.1. The Labute approximate surface area is 98.1 Å². The summed E-state index contributed by atoms with van der Waals surface area (Å²) in [7, 11) is 0. The first-order valence-electron chi connectivity index (χ1n) is 5.10. The highest BCUT2D eigenvalue weighted by Crippen LogP contribution is 2.23. The number of hydrogen-bond donors (Lipinski definition) is 1. The number of amides is 1. The van der Waals surface area contributed by atoms with E-state index in [4.69, 9.17) is 5.26 Å². The second kappa shape index (κ2) is 4.91. The summed E-state index contributed by atoms with van der Waals surface area (Å²) in [6, 6.07) is 4.70. The molecule has 0 aliphatic carbocycles. The summed E-state index contributed by atoms with van der Waals surface area (Å²) in [4.78, 5) is 11.7. The molecule has 0 bridgehead atoms. The van der Waals surface area contributed by atoms with E-state index in [0.717, 1.165) is 12.1 Å². The Morgan fingerprint density at radius 1 is 1.53 bits per heavy atom. The van der Waals surface area contributed by atoms with Gasteiger partial charge < -0.3 is 5.32 Å². The number of nitriles is 1. The van der Waals surface area contributed by atoms with Crippen LogP contribution in [-0.4, -0.2) is 5.91 Å². The topological polar surface area (TPSA) is 52.9 Å². The van der Waals surface area contributed by atoms with Crippen molar-refractivity contribution >= 4 is 11.6 Å². The van der Waals surface area contributed by atoms with Gasteiger partial charge in [-0.05, 0) is 25.5 Å². The van der Waals surface area contributed by atoms with Crippen LogP contribution in [0, 0.1) is 28.4 Å². The zero-order valence-corrected chi connectivity index (χ0v) is 9.55. The van der Waals surface area contributed by atoms with E-state index in [0.29, 0.717) is 12.5 Å². The van der Waals surface area contributed by atoms with E-state index in [2.05, 4.69) is 5.32 Å². The predicted molar refractivity (Wildman–Crippen MR) is 59.0 cm³/mol. The van der Waals surface area contributed by atoms with Crippen molar-refractivity contribution in [2.45, 2.75) is 20.3 Å². The highest BCUT2D eigenvalue weighted by atomic mass is 19.1. The van der Waals surface area contributed by atoms with Crippen molar-refractivity contribution in [3.05, 3.63) is 29.8 Å². The van der Waals surface area contributed by atoms with Crippen molar-refractivity contribution in [1.29, 1.82) is 5.26 Å². The van der Waals surface area contributed by atoms with Gasteiger partial charge in [-0.1, -0.05) is 6.92 Å². The standard InChI is InChI=1S/C12H12F2N2O/c1-3-12(2,7-15)11(17)16-10-5-4-8(13)6-9(10)14/h4-6H,3H2,1-2H3,(H,16,17). The van der Waals surface area contributed by atoms with Crippen LogP contribution in [0.25, 0.3) is 0 Å². The third kappa shape index (κ3) is 2.78. The second-order valence-corrected chi connectivity index (χ2v) is 3.88. The van der Waals surface area contributed by atoms with E-state index < -0.39 is 23.0 Å². The second-order valence-electron chi connectivity index (χ2n) is 3.88. The Kier molecular flexibility index (Phi) is 3.79. The van der Waals surface area contributed by atoms with Crippen LogP contribution in [0.1, 0.15) is 20.3 Å². The zero-order chi connectivity index (χ0) is 13.1. The molecule has 0 radical (unpaired) electrons. The summed E-state index contributed by atoms with van der Waals surface area (Å²) in [5, 5.41) is 11.2. The minimum atomic E-state index is -1.22. The molecular weight excluding hydrogens is 226 g/mol. The maximum atomic E-state index is 13.3. The lowest BCUT2D eigenvalue weighted by molar-refractivity contribution is -0.122. The maximum Gasteiger partial charge on any atom is 0.244 e. The van der Waals surface area contributed by atoms with Gasteiger partial charge in [-0.15, -0.1) is 0 Å². The first-order valence-corrected chi connectivity index (χ1v) is 5.10. The molecule has 0 aliphatic rings. The fraction of sp³-hybridized carbons (Fsp3) is 0.333. The molecule has 0 spiro atoms. The molecule has 1 unspecified atom stereocenters. The van der Waals surface area contributed by atoms with Crippen molar-refractivity contribution in [2.24, 2.45) is 5.41 Å². The van der Waals surface area contributed by atoms with Crippen molar-refractivity contribution in [2.75, 3.05) is 5.32 Å². The Morgan fingerprint density at radius 2 is 2.18 bits per heavy atom. The molecule has 1 aromatic rings. The van der Waals surface area contributed by atoms with Gasteiger partial charge in [0.2, 0.25) is 5.91 Å². The van der Waals surface area contributed by atoms with Gasteiger partial charge in [-0.25, -0.2) is 8.78 Å². The lowest BCUT2D eigenvalue weighted by Crippen LogP contribution is -2.31. The van der Waals surface area contributed by atoms with E-state index in [1.54, 1.807) is 6.92 Å². The van der Waals surface area contributed by atoms with Crippen LogP contribution in [0.2, 0.25) is 0 Å². The van der Waals surface area contributed by atoms with Crippen molar-refractivity contribution in [1.82, 2.24) is 0 Å². The SMILES string of the molecule is CCC(C)(C#N)C(=O)Nc1ccc(F)cc1F. The number of benzene rings is 1. The van der Waals surface area contributed by atoms with E-state index in [1.165, 1.54) is 6.92 Å². The maximum absolute atomic E-state index is 13.3. The van der Waals surface area contributed by atoms with Crippen LogP contribution in [0.4, 0.5) is 14.5 Å². The summed E-state index contributed by atoms with van der Waals surface area (Å²) in [5.74, 6) is -2.19. The molecule has 17 heavy (non-hydrogen) atoms. The number of hydrogen-bond acceptors (Lipinski definition) is 2. The number of nitrogens with one attached hydrogen (secondary N) is 1. The van der Waals surface area contributed by atoms with Gasteiger partial charge in [0, 0.05) is 6.07 Å². The molecule has 0 aliphatic heterocycles. The largest absolute Gasteiger partial charge is 0.322 e. The van der Waals surface area contributed by atoms with E-state index in [1.807, 2.05) is 6.07 Å². The molecule has 90 valence electrons. The third-order valence-electron chi connectivity index (χ3n) is 2.63. The molecule has 1 N–H and O–H groups in total. The third-order valence-corrected chi connectivity index (χ3v) is 2.63. The lowest BCUT2D eigenvalue weighted by atomic mass is 9.88. The quantitative estimate of drug-likeness (QED) is 0.880. The summed E-state index contributed by atoms with van der Waals surface area (Å²) in [6.07, 6.45) is 0.304. The number of nitrogens with zero attached hydrogens (tertiary/aromatic N) is 1. The number of carbonyl (C=O) groups excluding carboxylic acids is 1. The smallest absolute Gasteiger partial charge is 0.244 e. The van der Waals surface area contributed by atoms with Crippen LogP contribution >= 0.6 is 0 Å². The fourth-order valence-corrected chi connectivity index (χ4v) is 1.14. The lowest BCUT2D eigenvalue weighted by Gasteiger charge is -2.18. The monoisotopic (exact) mass is 238 g/mol. The van der Waals surface area contributed by atoms with Crippen LogP contribution in [0.15, 0.2) is 18.2 Å². The molecule has 0 saturated carbocycles. The normalized spacial score (nSPS) is 13.6. The van der Waals surface area contributed by atoms with Crippen molar-refractivity contribution < 1.29 is 13.6 Å². The van der Waals surface area contributed by atoms with E-state index in [9.17, 15) is 13.6 Å². The summed E-state index contributed by atoms with van der Waals surface area (Å²) >= 11 is 0. The molecule has 1 rings (SSSR count). The predicted octanol–water partition coefficient (Wildman–Crippen LogP) is 2.84. The minimum absolute atomic E-state index is 0.133. The molecule has 1 amide bonds. The molecule has 0 aromatic heterocycles. The van der Waals surface area contributed by atoms with Crippen LogP contribution < -0.4 is 5.32 Å². The Hall–Kier alpha value is -1.96. The first-order chi connectivity index (χ1) is 7.92. The Morgan fingerprint density at radius 3 is 2.65 bits per heavy atom. The molecule has 0 heterocycles. The summed E-state index contributed by atoms with van der Waals surface area (Å²) < 4.78 is 25.9. The van der Waals surface area contributed by atoms with E-state index >= 15 is 0 Å². The summed E-state index contributed by atoms with van der Waals surface area (Å²) in [5.41, 5.74) is -1.35. The molecule has 3 nitrogen and oxygen atoms in total. The summed E-state index contributed by atoms with van der Waals surface area (Å²) in [6.45, 7) is 3.15. The fourth-order valence-electron chi connectivity index (χ4n) is 1.14. The molecule has 1 atom stereocenters. The number of halogens is 2. The van der Waals surface area contributed by atoms with Gasteiger partial charge in [-0.2, -0.15) is 5.26 Å². The van der Waals surface area contributed by atoms with Gasteiger partial charge in [0.15, 0.2) is 0 Å². The zero-order valence-electron chi connectivity index (χ0n) is 9.55. The van der Waals surface area contributed by atoms with Crippen LogP contribution in [0.3, 0.4) is 0 Å².